The van der Waals surface area contributed by atoms with E-state index in [2.05, 4.69) is 10.1 Å². The van der Waals surface area contributed by atoms with Crippen LogP contribution in [0, 0.1) is 6.92 Å². The van der Waals surface area contributed by atoms with Crippen molar-refractivity contribution in [1.82, 2.24) is 14.4 Å². The standard InChI is InChI=1S/C19H20ClN3O4S/c1-13-5-4-6-14(11-13)19-21-18(22-27-19)9-10-23(2)28(24,25)15-7-8-17(26-3)16(20)12-15/h4-8,11-12H,9-10H2,1-3H3. The lowest BCUT2D eigenvalue weighted by Crippen LogP contribution is -2.29. The largest absolute Gasteiger partial charge is 0.495 e. The van der Waals surface area contributed by atoms with Gasteiger partial charge in [-0.2, -0.15) is 4.98 Å². The molecule has 0 radical (unpaired) electrons. The molecule has 0 bridgehead atoms. The highest BCUT2D eigenvalue weighted by atomic mass is 35.5. The van der Waals surface area contributed by atoms with Crippen molar-refractivity contribution in [3.63, 3.8) is 0 Å². The van der Waals surface area contributed by atoms with Gasteiger partial charge in [0.25, 0.3) is 5.89 Å². The molecule has 0 fully saturated rings. The molecular weight excluding hydrogens is 402 g/mol. The molecule has 0 aliphatic carbocycles. The van der Waals surface area contributed by atoms with Crippen molar-refractivity contribution in [3.05, 3.63) is 58.9 Å². The highest BCUT2D eigenvalue weighted by Crippen LogP contribution is 2.28. The Morgan fingerprint density at radius 1 is 1.21 bits per heavy atom. The minimum Gasteiger partial charge on any atom is -0.495 e. The van der Waals surface area contributed by atoms with E-state index in [1.54, 1.807) is 0 Å². The third kappa shape index (κ3) is 4.35. The lowest BCUT2D eigenvalue weighted by atomic mass is 10.1. The Labute approximate surface area is 168 Å². The van der Waals surface area contributed by atoms with E-state index in [9.17, 15) is 8.42 Å². The molecule has 0 aliphatic rings. The molecule has 7 nitrogen and oxygen atoms in total. The molecule has 1 heterocycles. The summed E-state index contributed by atoms with van der Waals surface area (Å²) in [7, 11) is -0.736. The third-order valence-corrected chi connectivity index (χ3v) is 6.36. The van der Waals surface area contributed by atoms with Gasteiger partial charge in [-0.3, -0.25) is 0 Å². The van der Waals surface area contributed by atoms with Gasteiger partial charge in [-0.1, -0.05) is 34.5 Å². The highest BCUT2D eigenvalue weighted by molar-refractivity contribution is 7.89. The van der Waals surface area contributed by atoms with Crippen LogP contribution in [-0.2, 0) is 16.4 Å². The molecule has 148 valence electrons. The molecule has 2 aromatic carbocycles. The van der Waals surface area contributed by atoms with Crippen LogP contribution < -0.4 is 4.74 Å². The molecule has 0 atom stereocenters. The minimum atomic E-state index is -3.70. The Hall–Kier alpha value is -2.42. The molecule has 3 rings (SSSR count). The topological polar surface area (TPSA) is 85.5 Å². The highest BCUT2D eigenvalue weighted by Gasteiger charge is 2.22. The van der Waals surface area contributed by atoms with Crippen molar-refractivity contribution < 1.29 is 17.7 Å². The van der Waals surface area contributed by atoms with Crippen LogP contribution in [-0.4, -0.2) is 43.6 Å². The van der Waals surface area contributed by atoms with Crippen molar-refractivity contribution in [2.24, 2.45) is 0 Å². The second-order valence-corrected chi connectivity index (χ2v) is 8.71. The first-order valence-electron chi connectivity index (χ1n) is 8.51. The number of aryl methyl sites for hydroxylation is 1. The second kappa shape index (κ2) is 8.30. The zero-order valence-electron chi connectivity index (χ0n) is 15.7. The summed E-state index contributed by atoms with van der Waals surface area (Å²) in [5.74, 6) is 1.26. The second-order valence-electron chi connectivity index (χ2n) is 6.26. The zero-order chi connectivity index (χ0) is 20.3. The number of ether oxygens (including phenoxy) is 1. The van der Waals surface area contributed by atoms with Gasteiger partial charge in [-0.25, -0.2) is 12.7 Å². The summed E-state index contributed by atoms with van der Waals surface area (Å²) in [6.45, 7) is 2.17. The number of hydrogen-bond acceptors (Lipinski definition) is 6. The SMILES string of the molecule is COc1ccc(S(=O)(=O)N(C)CCc2noc(-c3cccc(C)c3)n2)cc1Cl. The van der Waals surface area contributed by atoms with E-state index < -0.39 is 10.0 Å². The molecule has 0 saturated carbocycles. The molecule has 0 aliphatic heterocycles. The summed E-state index contributed by atoms with van der Waals surface area (Å²) < 4.78 is 37.0. The maximum Gasteiger partial charge on any atom is 0.257 e. The van der Waals surface area contributed by atoms with Crippen LogP contribution in [0.25, 0.3) is 11.5 Å². The number of benzene rings is 2. The van der Waals surface area contributed by atoms with Crippen LogP contribution >= 0.6 is 11.6 Å². The molecule has 1 aromatic heterocycles. The summed E-state index contributed by atoms with van der Waals surface area (Å²) in [5, 5.41) is 4.17. The van der Waals surface area contributed by atoms with E-state index in [1.165, 1.54) is 36.7 Å². The van der Waals surface area contributed by atoms with Gasteiger partial charge < -0.3 is 9.26 Å². The van der Waals surface area contributed by atoms with Gasteiger partial charge >= 0.3 is 0 Å². The molecular formula is C19H20ClN3O4S. The number of likely N-dealkylation sites (N-methyl/N-ethyl adjacent to an activating group) is 1. The molecule has 0 saturated heterocycles. The summed E-state index contributed by atoms with van der Waals surface area (Å²) >= 11 is 6.04. The molecule has 9 heteroatoms. The van der Waals surface area contributed by atoms with Crippen LogP contribution in [0.1, 0.15) is 11.4 Å². The quantitative estimate of drug-likeness (QED) is 0.579. The first-order chi connectivity index (χ1) is 13.3. The molecule has 0 unspecified atom stereocenters. The number of aromatic nitrogens is 2. The van der Waals surface area contributed by atoms with Crippen LogP contribution in [0.5, 0.6) is 5.75 Å². The van der Waals surface area contributed by atoms with Crippen molar-refractivity contribution in [2.45, 2.75) is 18.2 Å². The lowest BCUT2D eigenvalue weighted by Gasteiger charge is -2.17. The fourth-order valence-electron chi connectivity index (χ4n) is 2.62. The van der Waals surface area contributed by atoms with Crippen LogP contribution in [0.4, 0.5) is 0 Å². The first-order valence-corrected chi connectivity index (χ1v) is 10.3. The van der Waals surface area contributed by atoms with Crippen molar-refractivity contribution in [3.8, 4) is 17.2 Å². The Morgan fingerprint density at radius 2 is 2.00 bits per heavy atom. The van der Waals surface area contributed by atoms with Gasteiger partial charge in [0.15, 0.2) is 5.82 Å². The van der Waals surface area contributed by atoms with Crippen molar-refractivity contribution in [1.29, 1.82) is 0 Å². The van der Waals surface area contributed by atoms with Crippen molar-refractivity contribution in [2.75, 3.05) is 20.7 Å². The summed E-state index contributed by atoms with van der Waals surface area (Å²) in [5.41, 5.74) is 1.91. The van der Waals surface area contributed by atoms with Gasteiger partial charge in [-0.15, -0.1) is 0 Å². The Kier molecular flexibility index (Phi) is 6.02. The predicted molar refractivity (Wildman–Crippen MR) is 106 cm³/mol. The number of methoxy groups -OCH3 is 1. The lowest BCUT2D eigenvalue weighted by molar-refractivity contribution is 0.413. The number of nitrogens with zero attached hydrogens (tertiary/aromatic N) is 3. The first kappa shape index (κ1) is 20.3. The Morgan fingerprint density at radius 3 is 2.68 bits per heavy atom. The molecule has 3 aromatic rings. The average Bonchev–Trinajstić information content (AvgIpc) is 3.15. The van der Waals surface area contributed by atoms with E-state index >= 15 is 0 Å². The number of sulfonamides is 1. The smallest absolute Gasteiger partial charge is 0.257 e. The van der Waals surface area contributed by atoms with Gasteiger partial charge in [0.2, 0.25) is 10.0 Å². The fraction of sp³-hybridized carbons (Fsp3) is 0.263. The van der Waals surface area contributed by atoms with Gasteiger partial charge in [0.05, 0.1) is 17.0 Å². The number of hydrogen-bond donors (Lipinski definition) is 0. The Bertz CT molecular complexity index is 1080. The monoisotopic (exact) mass is 421 g/mol. The molecule has 0 amide bonds. The number of halogens is 1. The fourth-order valence-corrected chi connectivity index (χ4v) is 4.14. The number of rotatable bonds is 7. The van der Waals surface area contributed by atoms with Crippen LogP contribution in [0.3, 0.4) is 0 Å². The van der Waals surface area contributed by atoms with E-state index in [0.29, 0.717) is 23.9 Å². The summed E-state index contributed by atoms with van der Waals surface area (Å²) in [4.78, 5) is 4.44. The third-order valence-electron chi connectivity index (χ3n) is 4.21. The summed E-state index contributed by atoms with van der Waals surface area (Å²) in [6, 6.07) is 12.1. The average molecular weight is 422 g/mol. The molecule has 28 heavy (non-hydrogen) atoms. The van der Waals surface area contributed by atoms with Crippen molar-refractivity contribution >= 4 is 21.6 Å². The van der Waals surface area contributed by atoms with Gasteiger partial charge in [0.1, 0.15) is 5.75 Å². The van der Waals surface area contributed by atoms with E-state index in [4.69, 9.17) is 20.9 Å². The zero-order valence-corrected chi connectivity index (χ0v) is 17.3. The maximum atomic E-state index is 12.7. The summed E-state index contributed by atoms with van der Waals surface area (Å²) in [6.07, 6.45) is 0.314. The van der Waals surface area contributed by atoms with Gasteiger partial charge in [-0.05, 0) is 37.3 Å². The normalized spacial score (nSPS) is 11.8. The van der Waals surface area contributed by atoms with E-state index in [-0.39, 0.29) is 16.5 Å². The van der Waals surface area contributed by atoms with E-state index in [0.717, 1.165) is 11.1 Å². The van der Waals surface area contributed by atoms with Gasteiger partial charge in [0, 0.05) is 25.6 Å². The predicted octanol–water partition coefficient (Wildman–Crippen LogP) is 3.57. The van der Waals surface area contributed by atoms with Crippen LogP contribution in [0.15, 0.2) is 51.9 Å². The van der Waals surface area contributed by atoms with E-state index in [1.807, 2.05) is 31.2 Å². The maximum absolute atomic E-state index is 12.7. The molecule has 0 N–H and O–H groups in total. The Balaban J connectivity index is 1.70. The van der Waals surface area contributed by atoms with Crippen LogP contribution in [0.2, 0.25) is 5.02 Å². The molecule has 0 spiro atoms. The minimum absolute atomic E-state index is 0.0920.